The molecule has 0 aliphatic carbocycles. The van der Waals surface area contributed by atoms with Crippen LogP contribution in [-0.4, -0.2) is 49.7 Å². The van der Waals surface area contributed by atoms with Crippen LogP contribution in [0.2, 0.25) is 0 Å². The normalized spacial score (nSPS) is 19.1. The van der Waals surface area contributed by atoms with E-state index in [0.717, 1.165) is 11.3 Å². The number of carbonyl (C=O) groups is 2. The zero-order valence-electron chi connectivity index (χ0n) is 16.6. The molecule has 1 heterocycles. The molecule has 28 heavy (non-hydrogen) atoms. The van der Waals surface area contributed by atoms with Gasteiger partial charge in [0.05, 0.1) is 20.9 Å². The first kappa shape index (κ1) is 19.7. The Kier molecular flexibility index (Phi) is 5.56. The van der Waals surface area contributed by atoms with Crippen LogP contribution >= 0.6 is 0 Å². The van der Waals surface area contributed by atoms with Gasteiger partial charge in [0, 0.05) is 6.54 Å². The summed E-state index contributed by atoms with van der Waals surface area (Å²) in [5.41, 5.74) is 0.628. The minimum atomic E-state index is -1.12. The molecule has 0 spiro atoms. The van der Waals surface area contributed by atoms with Gasteiger partial charge in [-0.15, -0.1) is 0 Å². The predicted molar refractivity (Wildman–Crippen MR) is 105 cm³/mol. The SMILES string of the molecule is COc1ccc(CN(C)CN2C(=O)N[C@@](C)(c3cccc(OC)c3)C2=O)cc1. The summed E-state index contributed by atoms with van der Waals surface area (Å²) in [6.07, 6.45) is 0. The second kappa shape index (κ2) is 7.90. The Hall–Kier alpha value is -3.06. The maximum atomic E-state index is 13.1. The third-order valence-electron chi connectivity index (χ3n) is 4.92. The fourth-order valence-electron chi connectivity index (χ4n) is 3.29. The van der Waals surface area contributed by atoms with Gasteiger partial charge in [-0.3, -0.25) is 9.69 Å². The number of imide groups is 1. The summed E-state index contributed by atoms with van der Waals surface area (Å²) in [4.78, 5) is 28.7. The zero-order chi connectivity index (χ0) is 20.3. The van der Waals surface area contributed by atoms with Gasteiger partial charge in [0.25, 0.3) is 5.91 Å². The molecule has 0 bridgehead atoms. The molecule has 1 saturated heterocycles. The number of nitrogens with zero attached hydrogens (tertiary/aromatic N) is 2. The molecule has 0 radical (unpaired) electrons. The van der Waals surface area contributed by atoms with Crippen LogP contribution in [-0.2, 0) is 16.9 Å². The number of amides is 3. The minimum absolute atomic E-state index is 0.191. The molecule has 7 nitrogen and oxygen atoms in total. The molecule has 1 aliphatic rings. The number of benzene rings is 2. The van der Waals surface area contributed by atoms with Crippen molar-refractivity contribution in [2.24, 2.45) is 0 Å². The number of nitrogens with one attached hydrogen (secondary N) is 1. The van der Waals surface area contributed by atoms with E-state index < -0.39 is 11.6 Å². The summed E-state index contributed by atoms with van der Waals surface area (Å²) in [5, 5.41) is 2.82. The van der Waals surface area contributed by atoms with E-state index in [2.05, 4.69) is 5.32 Å². The van der Waals surface area contributed by atoms with E-state index in [4.69, 9.17) is 9.47 Å². The first-order valence-corrected chi connectivity index (χ1v) is 8.97. The van der Waals surface area contributed by atoms with Crippen molar-refractivity contribution in [3.8, 4) is 11.5 Å². The maximum Gasteiger partial charge on any atom is 0.326 e. The second-order valence-electron chi connectivity index (χ2n) is 7.02. The van der Waals surface area contributed by atoms with Crippen molar-refractivity contribution in [1.29, 1.82) is 0 Å². The lowest BCUT2D eigenvalue weighted by molar-refractivity contribution is -0.132. The Balaban J connectivity index is 1.72. The van der Waals surface area contributed by atoms with Crippen molar-refractivity contribution in [3.05, 3.63) is 59.7 Å². The average Bonchev–Trinajstić information content (AvgIpc) is 2.92. The van der Waals surface area contributed by atoms with E-state index in [1.807, 2.05) is 42.3 Å². The molecule has 0 unspecified atom stereocenters. The van der Waals surface area contributed by atoms with Gasteiger partial charge in [0.15, 0.2) is 0 Å². The van der Waals surface area contributed by atoms with E-state index in [0.29, 0.717) is 17.9 Å². The van der Waals surface area contributed by atoms with Crippen molar-refractivity contribution in [3.63, 3.8) is 0 Å². The molecule has 3 amide bonds. The number of urea groups is 1. The van der Waals surface area contributed by atoms with Crippen LogP contribution in [0.5, 0.6) is 11.5 Å². The Morgan fingerprint density at radius 1 is 1.04 bits per heavy atom. The van der Waals surface area contributed by atoms with Crippen LogP contribution in [0.25, 0.3) is 0 Å². The van der Waals surface area contributed by atoms with Gasteiger partial charge in [0.1, 0.15) is 17.0 Å². The zero-order valence-corrected chi connectivity index (χ0v) is 16.6. The summed E-state index contributed by atoms with van der Waals surface area (Å²) in [7, 11) is 5.06. The van der Waals surface area contributed by atoms with E-state index in [-0.39, 0.29) is 12.6 Å². The quantitative estimate of drug-likeness (QED) is 0.744. The second-order valence-corrected chi connectivity index (χ2v) is 7.02. The topological polar surface area (TPSA) is 71.1 Å². The van der Waals surface area contributed by atoms with E-state index in [1.165, 1.54) is 4.90 Å². The summed E-state index contributed by atoms with van der Waals surface area (Å²) >= 11 is 0. The summed E-state index contributed by atoms with van der Waals surface area (Å²) in [6.45, 7) is 2.50. The summed E-state index contributed by atoms with van der Waals surface area (Å²) < 4.78 is 10.4. The number of hydrogen-bond acceptors (Lipinski definition) is 5. The Labute approximate surface area is 164 Å². The van der Waals surface area contributed by atoms with Gasteiger partial charge in [-0.2, -0.15) is 0 Å². The predicted octanol–water partition coefficient (Wildman–Crippen LogP) is 2.56. The average molecular weight is 383 g/mol. The monoisotopic (exact) mass is 383 g/mol. The van der Waals surface area contributed by atoms with Crippen molar-refractivity contribution >= 4 is 11.9 Å². The lowest BCUT2D eigenvalue weighted by atomic mass is 9.92. The highest BCUT2D eigenvalue weighted by Crippen LogP contribution is 2.31. The van der Waals surface area contributed by atoms with Crippen LogP contribution < -0.4 is 14.8 Å². The van der Waals surface area contributed by atoms with Crippen LogP contribution in [0, 0.1) is 0 Å². The fraction of sp³-hybridized carbons (Fsp3) is 0.333. The number of carbonyl (C=O) groups excluding carboxylic acids is 2. The van der Waals surface area contributed by atoms with Gasteiger partial charge in [-0.1, -0.05) is 24.3 Å². The number of ether oxygens (including phenoxy) is 2. The van der Waals surface area contributed by atoms with E-state index in [9.17, 15) is 9.59 Å². The van der Waals surface area contributed by atoms with Crippen LogP contribution in [0.15, 0.2) is 48.5 Å². The van der Waals surface area contributed by atoms with Gasteiger partial charge < -0.3 is 14.8 Å². The molecule has 1 fully saturated rings. The third-order valence-corrected chi connectivity index (χ3v) is 4.92. The molecule has 3 rings (SSSR count). The van der Waals surface area contributed by atoms with E-state index >= 15 is 0 Å². The highest BCUT2D eigenvalue weighted by atomic mass is 16.5. The lowest BCUT2D eigenvalue weighted by Gasteiger charge is -2.25. The molecule has 1 atom stereocenters. The molecule has 1 aliphatic heterocycles. The molecular formula is C21H25N3O4. The highest BCUT2D eigenvalue weighted by molar-refractivity contribution is 6.07. The highest BCUT2D eigenvalue weighted by Gasteiger charge is 2.49. The molecule has 1 N–H and O–H groups in total. The Bertz CT molecular complexity index is 868. The molecule has 7 heteroatoms. The van der Waals surface area contributed by atoms with Gasteiger partial charge in [-0.25, -0.2) is 9.69 Å². The van der Waals surface area contributed by atoms with Crippen molar-refractivity contribution in [2.45, 2.75) is 19.0 Å². The summed E-state index contributed by atoms with van der Waals surface area (Å²) in [5.74, 6) is 1.14. The van der Waals surface area contributed by atoms with Crippen molar-refractivity contribution in [2.75, 3.05) is 27.9 Å². The molecule has 0 saturated carbocycles. The third kappa shape index (κ3) is 3.80. The molecule has 0 aromatic heterocycles. The molecule has 148 valence electrons. The van der Waals surface area contributed by atoms with Gasteiger partial charge >= 0.3 is 6.03 Å². The van der Waals surface area contributed by atoms with Crippen LogP contribution in [0.4, 0.5) is 4.79 Å². The maximum absolute atomic E-state index is 13.1. The van der Waals surface area contributed by atoms with Gasteiger partial charge in [-0.05, 0) is 49.4 Å². The first-order valence-electron chi connectivity index (χ1n) is 8.97. The molecule has 2 aromatic carbocycles. The molecule has 2 aromatic rings. The Morgan fingerprint density at radius 3 is 2.36 bits per heavy atom. The van der Waals surface area contributed by atoms with Crippen LogP contribution in [0.3, 0.4) is 0 Å². The van der Waals surface area contributed by atoms with Crippen molar-refractivity contribution in [1.82, 2.24) is 15.1 Å². The van der Waals surface area contributed by atoms with Gasteiger partial charge in [0.2, 0.25) is 0 Å². The first-order chi connectivity index (χ1) is 13.4. The molecular weight excluding hydrogens is 358 g/mol. The summed E-state index contributed by atoms with van der Waals surface area (Å²) in [6, 6.07) is 14.5. The standard InChI is InChI=1S/C21H25N3O4/c1-21(16-6-5-7-18(12-16)28-4)19(25)24(20(26)22-21)14-23(2)13-15-8-10-17(27-3)11-9-15/h5-12H,13-14H2,1-4H3,(H,22,26)/t21-/m0/s1. The Morgan fingerprint density at radius 2 is 1.71 bits per heavy atom. The van der Waals surface area contributed by atoms with Crippen LogP contribution in [0.1, 0.15) is 18.1 Å². The lowest BCUT2D eigenvalue weighted by Crippen LogP contribution is -2.42. The number of methoxy groups -OCH3 is 2. The largest absolute Gasteiger partial charge is 0.497 e. The smallest absolute Gasteiger partial charge is 0.326 e. The minimum Gasteiger partial charge on any atom is -0.497 e. The number of rotatable bonds is 7. The fourth-order valence-corrected chi connectivity index (χ4v) is 3.29. The van der Waals surface area contributed by atoms with E-state index in [1.54, 1.807) is 39.3 Å². The van der Waals surface area contributed by atoms with Crippen molar-refractivity contribution < 1.29 is 19.1 Å². The number of hydrogen-bond donors (Lipinski definition) is 1.